The molecule has 2 aromatic rings. The van der Waals surface area contributed by atoms with Gasteiger partial charge in [0.05, 0.1) is 22.3 Å². The van der Waals surface area contributed by atoms with Crippen LogP contribution in [-0.4, -0.2) is 10.9 Å². The first-order chi connectivity index (χ1) is 9.31. The van der Waals surface area contributed by atoms with E-state index in [0.717, 1.165) is 26.9 Å². The number of hydrogen-bond donors (Lipinski definition) is 1. The Labute approximate surface area is 123 Å². The fraction of sp³-hybridized carbons (Fsp3) is 0.467. The molecule has 4 nitrogen and oxygen atoms in total. The summed E-state index contributed by atoms with van der Waals surface area (Å²) in [6.07, 6.45) is 0. The van der Waals surface area contributed by atoms with Crippen molar-refractivity contribution in [2.24, 2.45) is 0 Å². The average molecular weight is 292 g/mol. The zero-order valence-electron chi connectivity index (χ0n) is 12.7. The van der Waals surface area contributed by atoms with E-state index in [1.807, 2.05) is 41.5 Å². The maximum atomic E-state index is 12.4. The summed E-state index contributed by atoms with van der Waals surface area (Å²) in [6.45, 7) is 11.5. The number of hydrogen-bond acceptors (Lipinski definition) is 4. The van der Waals surface area contributed by atoms with Gasteiger partial charge in [0.2, 0.25) is 0 Å². The van der Waals surface area contributed by atoms with Gasteiger partial charge in [0.25, 0.3) is 5.91 Å². The Morgan fingerprint density at radius 2 is 1.85 bits per heavy atom. The first-order valence-electron chi connectivity index (χ1n) is 6.62. The zero-order chi connectivity index (χ0) is 15.0. The molecule has 0 aromatic carbocycles. The van der Waals surface area contributed by atoms with Crippen molar-refractivity contribution < 1.29 is 9.21 Å². The lowest BCUT2D eigenvalue weighted by Gasteiger charge is -2.13. The number of nitrogens with zero attached hydrogens (tertiary/aromatic N) is 1. The maximum Gasteiger partial charge on any atom is 0.255 e. The third-order valence-electron chi connectivity index (χ3n) is 3.47. The van der Waals surface area contributed by atoms with E-state index >= 15 is 0 Å². The van der Waals surface area contributed by atoms with Gasteiger partial charge in [-0.3, -0.25) is 4.79 Å². The van der Waals surface area contributed by atoms with Crippen LogP contribution in [-0.2, 0) is 0 Å². The molecule has 0 fully saturated rings. The molecule has 1 amide bonds. The predicted octanol–water partition coefficient (Wildman–Crippen LogP) is 3.77. The molecule has 0 saturated carbocycles. The van der Waals surface area contributed by atoms with E-state index in [2.05, 4.69) is 10.3 Å². The molecule has 0 bridgehead atoms. The second kappa shape index (κ2) is 5.40. The largest absolute Gasteiger partial charge is 0.466 e. The molecule has 108 valence electrons. The number of nitrogens with one attached hydrogen (secondary N) is 1. The summed E-state index contributed by atoms with van der Waals surface area (Å²) in [4.78, 5) is 17.9. The highest BCUT2D eigenvalue weighted by Crippen LogP contribution is 2.26. The van der Waals surface area contributed by atoms with Crippen molar-refractivity contribution >= 4 is 17.2 Å². The van der Waals surface area contributed by atoms with Crippen molar-refractivity contribution in [1.82, 2.24) is 10.3 Å². The highest BCUT2D eigenvalue weighted by molar-refractivity contribution is 7.11. The fourth-order valence-electron chi connectivity index (χ4n) is 2.41. The van der Waals surface area contributed by atoms with Gasteiger partial charge < -0.3 is 9.73 Å². The molecule has 2 rings (SSSR count). The monoisotopic (exact) mass is 292 g/mol. The van der Waals surface area contributed by atoms with Crippen molar-refractivity contribution in [2.75, 3.05) is 0 Å². The third-order valence-corrected chi connectivity index (χ3v) is 4.72. The van der Waals surface area contributed by atoms with Crippen molar-refractivity contribution in [3.8, 4) is 0 Å². The van der Waals surface area contributed by atoms with Crippen LogP contribution in [0.25, 0.3) is 0 Å². The van der Waals surface area contributed by atoms with Crippen molar-refractivity contribution in [2.45, 2.75) is 47.6 Å². The topological polar surface area (TPSA) is 55.1 Å². The molecule has 20 heavy (non-hydrogen) atoms. The highest BCUT2D eigenvalue weighted by Gasteiger charge is 2.22. The third kappa shape index (κ3) is 2.63. The van der Waals surface area contributed by atoms with Crippen LogP contribution >= 0.6 is 11.3 Å². The van der Waals surface area contributed by atoms with E-state index in [-0.39, 0.29) is 11.9 Å². The lowest BCUT2D eigenvalue weighted by atomic mass is 10.1. The molecular formula is C15H20N2O2S. The SMILES string of the molecule is Cc1nc(C)c([C@H](C)NC(=O)c2c(C)oc(C)c2C)s1. The first-order valence-corrected chi connectivity index (χ1v) is 7.44. The minimum absolute atomic E-state index is 0.0530. The highest BCUT2D eigenvalue weighted by atomic mass is 32.1. The van der Waals surface area contributed by atoms with Crippen molar-refractivity contribution in [1.29, 1.82) is 0 Å². The molecular weight excluding hydrogens is 272 g/mol. The quantitative estimate of drug-likeness (QED) is 0.937. The van der Waals surface area contributed by atoms with E-state index in [9.17, 15) is 4.79 Å². The number of carbonyl (C=O) groups excluding carboxylic acids is 1. The smallest absolute Gasteiger partial charge is 0.255 e. The number of aryl methyl sites for hydroxylation is 4. The molecule has 0 aliphatic carbocycles. The Morgan fingerprint density at radius 3 is 2.30 bits per heavy atom. The van der Waals surface area contributed by atoms with E-state index in [4.69, 9.17) is 4.42 Å². The van der Waals surface area contributed by atoms with E-state index in [1.165, 1.54) is 0 Å². The molecule has 2 aromatic heterocycles. The van der Waals surface area contributed by atoms with Crippen LogP contribution in [0.2, 0.25) is 0 Å². The molecule has 0 aliphatic heterocycles. The van der Waals surface area contributed by atoms with Gasteiger partial charge in [0.1, 0.15) is 11.5 Å². The summed E-state index contributed by atoms with van der Waals surface area (Å²) in [5.74, 6) is 1.38. The Bertz CT molecular complexity index is 655. The summed E-state index contributed by atoms with van der Waals surface area (Å²) in [6, 6.07) is -0.0530. The Balaban J connectivity index is 2.21. The van der Waals surface area contributed by atoms with Gasteiger partial charge in [0.15, 0.2) is 0 Å². The molecule has 0 unspecified atom stereocenters. The summed E-state index contributed by atoms with van der Waals surface area (Å²) in [5, 5.41) is 4.05. The average Bonchev–Trinajstić information content (AvgIpc) is 2.79. The second-order valence-electron chi connectivity index (χ2n) is 5.09. The maximum absolute atomic E-state index is 12.4. The van der Waals surface area contributed by atoms with E-state index < -0.39 is 0 Å². The summed E-state index contributed by atoms with van der Waals surface area (Å²) >= 11 is 1.62. The van der Waals surface area contributed by atoms with Gasteiger partial charge in [-0.05, 0) is 41.5 Å². The number of carbonyl (C=O) groups is 1. The Hall–Kier alpha value is -1.62. The number of aromatic nitrogens is 1. The van der Waals surface area contributed by atoms with E-state index in [0.29, 0.717) is 11.3 Å². The summed E-state index contributed by atoms with van der Waals surface area (Å²) in [7, 11) is 0. The number of rotatable bonds is 3. The van der Waals surface area contributed by atoms with Gasteiger partial charge >= 0.3 is 0 Å². The van der Waals surface area contributed by atoms with Gasteiger partial charge in [-0.2, -0.15) is 0 Å². The lowest BCUT2D eigenvalue weighted by molar-refractivity contribution is 0.0938. The fourth-order valence-corrected chi connectivity index (χ4v) is 3.34. The van der Waals surface area contributed by atoms with Crippen LogP contribution in [0.5, 0.6) is 0 Å². The van der Waals surface area contributed by atoms with Gasteiger partial charge in [-0.25, -0.2) is 4.98 Å². The normalized spacial score (nSPS) is 12.5. The molecule has 0 spiro atoms. The van der Waals surface area contributed by atoms with Gasteiger partial charge in [0, 0.05) is 10.4 Å². The molecule has 5 heteroatoms. The van der Waals surface area contributed by atoms with Gasteiger partial charge in [-0.1, -0.05) is 0 Å². The minimum Gasteiger partial charge on any atom is -0.466 e. The lowest BCUT2D eigenvalue weighted by Crippen LogP contribution is -2.27. The molecule has 0 aliphatic rings. The van der Waals surface area contributed by atoms with Crippen molar-refractivity contribution in [3.63, 3.8) is 0 Å². The van der Waals surface area contributed by atoms with Crippen LogP contribution < -0.4 is 5.32 Å². The van der Waals surface area contributed by atoms with Crippen LogP contribution in [0.3, 0.4) is 0 Å². The van der Waals surface area contributed by atoms with Crippen LogP contribution in [0.1, 0.15) is 56.0 Å². The number of amides is 1. The molecule has 0 saturated heterocycles. The number of thiazole rings is 1. The van der Waals surface area contributed by atoms with Crippen molar-refractivity contribution in [3.05, 3.63) is 38.2 Å². The van der Waals surface area contributed by atoms with Crippen LogP contribution in [0.4, 0.5) is 0 Å². The molecule has 1 N–H and O–H groups in total. The summed E-state index contributed by atoms with van der Waals surface area (Å²) < 4.78 is 5.51. The first kappa shape index (κ1) is 14.8. The minimum atomic E-state index is -0.0881. The van der Waals surface area contributed by atoms with Gasteiger partial charge in [-0.15, -0.1) is 11.3 Å². The molecule has 2 heterocycles. The second-order valence-corrected chi connectivity index (χ2v) is 6.33. The summed E-state index contributed by atoms with van der Waals surface area (Å²) in [5.41, 5.74) is 2.54. The predicted molar refractivity (Wildman–Crippen MR) is 80.4 cm³/mol. The molecule has 0 radical (unpaired) electrons. The standard InChI is InChI=1S/C15H20N2O2S/c1-7-10(4)19-11(5)13(7)15(18)17-9(3)14-8(2)16-12(6)20-14/h9H,1-6H3,(H,17,18)/t9-/m0/s1. The zero-order valence-corrected chi connectivity index (χ0v) is 13.6. The number of furan rings is 1. The van der Waals surface area contributed by atoms with E-state index in [1.54, 1.807) is 11.3 Å². The Kier molecular flexibility index (Phi) is 3.99. The molecule has 1 atom stereocenters. The van der Waals surface area contributed by atoms with Crippen LogP contribution in [0.15, 0.2) is 4.42 Å². The Morgan fingerprint density at radius 1 is 1.20 bits per heavy atom. The van der Waals surface area contributed by atoms with Crippen LogP contribution in [0, 0.1) is 34.6 Å².